The minimum Gasteiger partial charge on any atom is -0.396 e. The lowest BCUT2D eigenvalue weighted by Crippen LogP contribution is -2.04. The van der Waals surface area contributed by atoms with Crippen molar-refractivity contribution < 1.29 is 9.18 Å². The van der Waals surface area contributed by atoms with Crippen molar-refractivity contribution in [1.82, 2.24) is 4.98 Å². The van der Waals surface area contributed by atoms with E-state index in [1.165, 1.54) is 12.1 Å². The van der Waals surface area contributed by atoms with E-state index in [0.717, 1.165) is 11.5 Å². The number of halogens is 1. The number of hydrogen-bond donors (Lipinski definition) is 1. The number of aromatic nitrogens is 1. The molecule has 20 heavy (non-hydrogen) atoms. The van der Waals surface area contributed by atoms with Crippen LogP contribution >= 0.6 is 0 Å². The van der Waals surface area contributed by atoms with Crippen LogP contribution in [0.25, 0.3) is 10.9 Å². The summed E-state index contributed by atoms with van der Waals surface area (Å²) in [4.78, 5) is 16.7. The van der Waals surface area contributed by atoms with Crippen LogP contribution in [0.3, 0.4) is 0 Å². The molecular formula is C16H11FN2O. The van der Waals surface area contributed by atoms with Gasteiger partial charge in [-0.2, -0.15) is 0 Å². The van der Waals surface area contributed by atoms with Crippen molar-refractivity contribution in [3.8, 4) is 0 Å². The number of fused-ring (bicyclic) bond motifs is 1. The first-order valence-electron chi connectivity index (χ1n) is 6.10. The molecule has 4 heteroatoms. The summed E-state index contributed by atoms with van der Waals surface area (Å²) in [5.41, 5.74) is 6.76. The molecule has 2 aromatic carbocycles. The molecular weight excluding hydrogens is 255 g/mol. The predicted octanol–water partition coefficient (Wildman–Crippen LogP) is 3.19. The number of anilines is 1. The summed E-state index contributed by atoms with van der Waals surface area (Å²) in [5.74, 6) is -0.864. The number of nitrogens with zero attached hydrogens (tertiary/aromatic N) is 1. The van der Waals surface area contributed by atoms with Crippen LogP contribution in [0.15, 0.2) is 54.7 Å². The highest BCUT2D eigenvalue weighted by Crippen LogP contribution is 2.21. The summed E-state index contributed by atoms with van der Waals surface area (Å²) in [6.07, 6.45) is 1.63. The van der Waals surface area contributed by atoms with Gasteiger partial charge in [-0.1, -0.05) is 18.2 Å². The maximum atomic E-state index is 13.5. The first-order chi connectivity index (χ1) is 9.66. The summed E-state index contributed by atoms with van der Waals surface area (Å²) in [7, 11) is 0. The number of nitrogens with two attached hydrogens (primary N) is 1. The molecule has 0 aliphatic carbocycles. The van der Waals surface area contributed by atoms with Crippen LogP contribution in [0, 0.1) is 5.82 Å². The van der Waals surface area contributed by atoms with Gasteiger partial charge in [-0.3, -0.25) is 9.78 Å². The van der Waals surface area contributed by atoms with Crippen LogP contribution in [-0.2, 0) is 0 Å². The monoisotopic (exact) mass is 266 g/mol. The van der Waals surface area contributed by atoms with Gasteiger partial charge in [0.05, 0.1) is 11.2 Å². The number of ketones is 1. The SMILES string of the molecule is Nc1ccc(C(=O)c2cccc3cccnc23)cc1F. The third kappa shape index (κ3) is 2.01. The lowest BCUT2D eigenvalue weighted by Gasteiger charge is -2.06. The second-order valence-corrected chi connectivity index (χ2v) is 4.45. The Morgan fingerprint density at radius 2 is 1.90 bits per heavy atom. The lowest BCUT2D eigenvalue weighted by atomic mass is 10.00. The van der Waals surface area contributed by atoms with Crippen LogP contribution in [0.1, 0.15) is 15.9 Å². The van der Waals surface area contributed by atoms with Gasteiger partial charge in [0.1, 0.15) is 5.82 Å². The third-order valence-corrected chi connectivity index (χ3v) is 3.14. The molecule has 98 valence electrons. The molecule has 3 aromatic rings. The van der Waals surface area contributed by atoms with Crippen molar-refractivity contribution in [1.29, 1.82) is 0 Å². The van der Waals surface area contributed by atoms with Crippen LogP contribution in [0.5, 0.6) is 0 Å². The number of para-hydroxylation sites is 1. The Balaban J connectivity index is 2.15. The van der Waals surface area contributed by atoms with Gasteiger partial charge >= 0.3 is 0 Å². The van der Waals surface area contributed by atoms with Gasteiger partial charge in [0, 0.05) is 22.7 Å². The minimum atomic E-state index is -0.593. The molecule has 1 heterocycles. The van der Waals surface area contributed by atoms with Gasteiger partial charge in [0.2, 0.25) is 0 Å². The van der Waals surface area contributed by atoms with E-state index in [9.17, 15) is 9.18 Å². The Hall–Kier alpha value is -2.75. The molecule has 0 aliphatic heterocycles. The van der Waals surface area contributed by atoms with E-state index in [0.29, 0.717) is 11.1 Å². The summed E-state index contributed by atoms with van der Waals surface area (Å²) >= 11 is 0. The molecule has 0 bridgehead atoms. The minimum absolute atomic E-state index is 0.0256. The summed E-state index contributed by atoms with van der Waals surface area (Å²) < 4.78 is 13.5. The van der Waals surface area contributed by atoms with Crippen molar-refractivity contribution in [2.24, 2.45) is 0 Å². The number of pyridine rings is 1. The zero-order valence-corrected chi connectivity index (χ0v) is 10.5. The molecule has 1 aromatic heterocycles. The number of carbonyl (C=O) groups excluding carboxylic acids is 1. The number of benzene rings is 2. The number of carbonyl (C=O) groups is 1. The molecule has 0 atom stereocenters. The van der Waals surface area contributed by atoms with Gasteiger partial charge in [0.15, 0.2) is 5.78 Å². The summed E-state index contributed by atoms with van der Waals surface area (Å²) in [6, 6.07) is 13.1. The fourth-order valence-corrected chi connectivity index (χ4v) is 2.11. The van der Waals surface area contributed by atoms with E-state index in [2.05, 4.69) is 4.98 Å². The molecule has 0 saturated heterocycles. The van der Waals surface area contributed by atoms with Crippen LogP contribution in [0.2, 0.25) is 0 Å². The number of nitrogen functional groups attached to an aromatic ring is 1. The zero-order valence-electron chi connectivity index (χ0n) is 10.5. The van der Waals surface area contributed by atoms with Gasteiger partial charge < -0.3 is 5.73 Å². The highest BCUT2D eigenvalue weighted by atomic mass is 19.1. The average Bonchev–Trinajstić information content (AvgIpc) is 2.49. The van der Waals surface area contributed by atoms with E-state index in [1.54, 1.807) is 24.4 Å². The zero-order chi connectivity index (χ0) is 14.1. The van der Waals surface area contributed by atoms with Crippen molar-refractivity contribution in [3.05, 3.63) is 71.7 Å². The molecule has 0 radical (unpaired) electrons. The van der Waals surface area contributed by atoms with Crippen molar-refractivity contribution in [3.63, 3.8) is 0 Å². The summed E-state index contributed by atoms with van der Waals surface area (Å²) in [6.45, 7) is 0. The molecule has 0 aliphatic rings. The quantitative estimate of drug-likeness (QED) is 0.572. The van der Waals surface area contributed by atoms with Gasteiger partial charge in [-0.05, 0) is 30.3 Å². The molecule has 0 fully saturated rings. The Kier molecular flexibility index (Phi) is 2.91. The fraction of sp³-hybridized carbons (Fsp3) is 0. The highest BCUT2D eigenvalue weighted by Gasteiger charge is 2.14. The van der Waals surface area contributed by atoms with E-state index in [4.69, 9.17) is 5.73 Å². The van der Waals surface area contributed by atoms with Gasteiger partial charge in [-0.25, -0.2) is 4.39 Å². The van der Waals surface area contributed by atoms with Crippen molar-refractivity contribution in [2.45, 2.75) is 0 Å². The maximum Gasteiger partial charge on any atom is 0.195 e. The third-order valence-electron chi connectivity index (χ3n) is 3.14. The molecule has 0 unspecified atom stereocenters. The summed E-state index contributed by atoms with van der Waals surface area (Å²) in [5, 5.41) is 0.870. The normalized spacial score (nSPS) is 10.7. The fourth-order valence-electron chi connectivity index (χ4n) is 2.11. The predicted molar refractivity (Wildman–Crippen MR) is 76.0 cm³/mol. The Morgan fingerprint density at radius 3 is 2.70 bits per heavy atom. The Labute approximate surface area is 114 Å². The largest absolute Gasteiger partial charge is 0.396 e. The molecule has 0 saturated carbocycles. The molecule has 2 N–H and O–H groups in total. The molecule has 0 spiro atoms. The van der Waals surface area contributed by atoms with Crippen LogP contribution < -0.4 is 5.73 Å². The first-order valence-corrected chi connectivity index (χ1v) is 6.10. The molecule has 3 rings (SSSR count). The molecule has 0 amide bonds. The Bertz CT molecular complexity index is 809. The van der Waals surface area contributed by atoms with Crippen molar-refractivity contribution in [2.75, 3.05) is 5.73 Å². The highest BCUT2D eigenvalue weighted by molar-refractivity contribution is 6.15. The average molecular weight is 266 g/mol. The second-order valence-electron chi connectivity index (χ2n) is 4.45. The van der Waals surface area contributed by atoms with E-state index < -0.39 is 5.82 Å². The second kappa shape index (κ2) is 4.74. The topological polar surface area (TPSA) is 56.0 Å². The smallest absolute Gasteiger partial charge is 0.195 e. The Morgan fingerprint density at radius 1 is 1.10 bits per heavy atom. The van der Waals surface area contributed by atoms with E-state index >= 15 is 0 Å². The lowest BCUT2D eigenvalue weighted by molar-refractivity contribution is 0.103. The maximum absolute atomic E-state index is 13.5. The van der Waals surface area contributed by atoms with Crippen LogP contribution in [0.4, 0.5) is 10.1 Å². The number of hydrogen-bond acceptors (Lipinski definition) is 3. The van der Waals surface area contributed by atoms with E-state index in [1.807, 2.05) is 12.1 Å². The molecule has 3 nitrogen and oxygen atoms in total. The number of rotatable bonds is 2. The van der Waals surface area contributed by atoms with Gasteiger partial charge in [0.25, 0.3) is 0 Å². The van der Waals surface area contributed by atoms with Gasteiger partial charge in [-0.15, -0.1) is 0 Å². The van der Waals surface area contributed by atoms with Crippen molar-refractivity contribution >= 4 is 22.4 Å². The van der Waals surface area contributed by atoms with Crippen LogP contribution in [-0.4, -0.2) is 10.8 Å². The first kappa shape index (κ1) is 12.3. The van der Waals surface area contributed by atoms with E-state index in [-0.39, 0.29) is 17.0 Å². The standard InChI is InChI=1S/C16H11FN2O/c17-13-9-11(6-7-14(13)18)16(20)12-5-1-3-10-4-2-8-19-15(10)12/h1-9H,18H2.